The van der Waals surface area contributed by atoms with Gasteiger partial charge in [0.25, 0.3) is 0 Å². The van der Waals surface area contributed by atoms with Crippen molar-refractivity contribution in [3.8, 4) is 0 Å². The predicted octanol–water partition coefficient (Wildman–Crippen LogP) is 3.80. The molecule has 0 aliphatic rings. The van der Waals surface area contributed by atoms with Crippen molar-refractivity contribution in [1.29, 1.82) is 0 Å². The molecule has 0 amide bonds. The van der Waals surface area contributed by atoms with E-state index in [-0.39, 0.29) is 16.4 Å². The molecule has 0 spiro atoms. The molecule has 0 bridgehead atoms. The molecule has 1 N–H and O–H groups in total. The van der Waals surface area contributed by atoms with Gasteiger partial charge in [-0.05, 0) is 38.0 Å². The first kappa shape index (κ1) is 13.5. The number of rotatable bonds is 4. The summed E-state index contributed by atoms with van der Waals surface area (Å²) in [6, 6.07) is 5.39. The van der Waals surface area contributed by atoms with Gasteiger partial charge < -0.3 is 5.32 Å². The van der Waals surface area contributed by atoms with Crippen LogP contribution in [-0.2, 0) is 6.42 Å². The van der Waals surface area contributed by atoms with Gasteiger partial charge in [-0.1, -0.05) is 31.5 Å². The number of hydrogen-bond acceptors (Lipinski definition) is 1. The smallest absolute Gasteiger partial charge is 0.142 e. The van der Waals surface area contributed by atoms with Gasteiger partial charge >= 0.3 is 0 Å². The lowest BCUT2D eigenvalue weighted by molar-refractivity contribution is 0.352. The Labute approximate surface area is 102 Å². The first-order valence-electron chi connectivity index (χ1n) is 5.52. The van der Waals surface area contributed by atoms with Crippen molar-refractivity contribution in [3.63, 3.8) is 0 Å². The Morgan fingerprint density at radius 3 is 2.50 bits per heavy atom. The van der Waals surface area contributed by atoms with Crippen LogP contribution >= 0.6 is 11.6 Å². The molecule has 0 radical (unpaired) electrons. The summed E-state index contributed by atoms with van der Waals surface area (Å²) in [5.41, 5.74) is 0.911. The zero-order chi connectivity index (χ0) is 12.3. The van der Waals surface area contributed by atoms with Crippen molar-refractivity contribution < 1.29 is 4.39 Å². The summed E-state index contributed by atoms with van der Waals surface area (Å²) in [5, 5.41) is 3.63. The van der Waals surface area contributed by atoms with Gasteiger partial charge in [0.15, 0.2) is 0 Å². The van der Waals surface area contributed by atoms with Crippen molar-refractivity contribution in [2.24, 2.45) is 0 Å². The van der Waals surface area contributed by atoms with E-state index in [1.165, 1.54) is 6.07 Å². The van der Waals surface area contributed by atoms with Crippen LogP contribution in [0.3, 0.4) is 0 Å². The van der Waals surface area contributed by atoms with Gasteiger partial charge in [-0.25, -0.2) is 4.39 Å². The molecule has 1 nitrogen and oxygen atoms in total. The third kappa shape index (κ3) is 4.11. The second kappa shape index (κ2) is 5.15. The molecule has 0 unspecified atom stereocenters. The van der Waals surface area contributed by atoms with E-state index < -0.39 is 0 Å². The Kier molecular flexibility index (Phi) is 4.34. The largest absolute Gasteiger partial charge is 0.309 e. The van der Waals surface area contributed by atoms with E-state index in [2.05, 4.69) is 33.0 Å². The van der Waals surface area contributed by atoms with Crippen molar-refractivity contribution in [2.75, 3.05) is 0 Å². The molecule has 0 atom stereocenters. The normalized spacial score (nSPS) is 12.2. The molecule has 3 heteroatoms. The number of nitrogens with one attached hydrogen (secondary N) is 1. The van der Waals surface area contributed by atoms with Crippen LogP contribution in [-0.4, -0.2) is 11.6 Å². The molecule has 0 aliphatic carbocycles. The fourth-order valence-corrected chi connectivity index (χ4v) is 2.11. The minimum atomic E-state index is -0.348. The molecule has 1 rings (SSSR count). The number of benzene rings is 1. The van der Waals surface area contributed by atoms with Crippen molar-refractivity contribution in [2.45, 2.75) is 45.7 Å². The van der Waals surface area contributed by atoms with E-state index in [4.69, 9.17) is 11.6 Å². The molecule has 16 heavy (non-hydrogen) atoms. The van der Waals surface area contributed by atoms with Crippen LogP contribution < -0.4 is 5.32 Å². The van der Waals surface area contributed by atoms with Gasteiger partial charge in [0.2, 0.25) is 0 Å². The van der Waals surface area contributed by atoms with Crippen LogP contribution in [0.25, 0.3) is 0 Å². The molecule has 90 valence electrons. The van der Waals surface area contributed by atoms with Gasteiger partial charge in [-0.3, -0.25) is 0 Å². The summed E-state index contributed by atoms with van der Waals surface area (Å²) in [5.74, 6) is -0.348. The van der Waals surface area contributed by atoms with Crippen LogP contribution in [0, 0.1) is 5.82 Å². The summed E-state index contributed by atoms with van der Waals surface area (Å²) in [7, 11) is 0. The number of hydrogen-bond donors (Lipinski definition) is 1. The Bertz CT molecular complexity index is 361. The maximum atomic E-state index is 13.3. The highest BCUT2D eigenvalue weighted by atomic mass is 35.5. The molecule has 1 aromatic rings. The molecular weight excluding hydrogens is 225 g/mol. The first-order valence-corrected chi connectivity index (χ1v) is 5.89. The Balaban J connectivity index is 2.76. The topological polar surface area (TPSA) is 12.0 Å². The van der Waals surface area contributed by atoms with Crippen LogP contribution in [0.2, 0.25) is 5.02 Å². The molecular formula is C13H19ClFN. The van der Waals surface area contributed by atoms with Gasteiger partial charge in [-0.15, -0.1) is 0 Å². The molecule has 0 aliphatic heterocycles. The maximum absolute atomic E-state index is 13.3. The lowest BCUT2D eigenvalue weighted by Gasteiger charge is -2.29. The molecule has 1 aromatic carbocycles. The van der Waals surface area contributed by atoms with E-state index in [9.17, 15) is 4.39 Å². The van der Waals surface area contributed by atoms with Crippen LogP contribution in [0.4, 0.5) is 4.39 Å². The summed E-state index contributed by atoms with van der Waals surface area (Å²) >= 11 is 5.65. The standard InChI is InChI=1S/C13H19ClFN/c1-9(2)16-13(3,4)8-10-5-6-11(14)12(15)7-10/h5-7,9,16H,8H2,1-4H3. The SMILES string of the molecule is CC(C)NC(C)(C)Cc1ccc(Cl)c(F)c1. The van der Waals surface area contributed by atoms with Crippen LogP contribution in [0.5, 0.6) is 0 Å². The quantitative estimate of drug-likeness (QED) is 0.848. The Morgan fingerprint density at radius 1 is 1.38 bits per heavy atom. The summed E-state index contributed by atoms with van der Waals surface area (Å²) < 4.78 is 13.3. The van der Waals surface area contributed by atoms with Crippen LogP contribution in [0.1, 0.15) is 33.3 Å². The molecule has 0 aromatic heterocycles. The third-order valence-corrected chi connectivity index (χ3v) is 2.62. The van der Waals surface area contributed by atoms with Crippen LogP contribution in [0.15, 0.2) is 18.2 Å². The lowest BCUT2D eigenvalue weighted by Crippen LogP contribution is -2.45. The fraction of sp³-hybridized carbons (Fsp3) is 0.538. The summed E-state index contributed by atoms with van der Waals surface area (Å²) in [6.45, 7) is 8.42. The fourth-order valence-electron chi connectivity index (χ4n) is 1.99. The highest BCUT2D eigenvalue weighted by molar-refractivity contribution is 6.30. The molecule has 0 heterocycles. The van der Waals surface area contributed by atoms with E-state index >= 15 is 0 Å². The second-order valence-corrected chi connectivity index (χ2v) is 5.52. The summed E-state index contributed by atoms with van der Waals surface area (Å²) in [4.78, 5) is 0. The minimum absolute atomic E-state index is 0.0472. The van der Waals surface area contributed by atoms with Gasteiger partial charge in [-0.2, -0.15) is 0 Å². The average molecular weight is 244 g/mol. The number of halogens is 2. The molecule has 0 saturated heterocycles. The van der Waals surface area contributed by atoms with E-state index in [1.54, 1.807) is 6.07 Å². The van der Waals surface area contributed by atoms with Gasteiger partial charge in [0.05, 0.1) is 5.02 Å². The predicted molar refractivity (Wildman–Crippen MR) is 67.5 cm³/mol. The van der Waals surface area contributed by atoms with Crippen molar-refractivity contribution in [1.82, 2.24) is 5.32 Å². The lowest BCUT2D eigenvalue weighted by atomic mass is 9.94. The Morgan fingerprint density at radius 2 is 2.00 bits per heavy atom. The molecule has 0 saturated carbocycles. The highest BCUT2D eigenvalue weighted by Crippen LogP contribution is 2.19. The van der Waals surface area contributed by atoms with Crippen molar-refractivity contribution >= 4 is 11.6 Å². The average Bonchev–Trinajstić information content (AvgIpc) is 2.08. The first-order chi connectivity index (χ1) is 7.30. The molecule has 0 fully saturated rings. The third-order valence-electron chi connectivity index (χ3n) is 2.31. The summed E-state index contributed by atoms with van der Waals surface area (Å²) in [6.07, 6.45) is 0.777. The van der Waals surface area contributed by atoms with Crippen molar-refractivity contribution in [3.05, 3.63) is 34.6 Å². The van der Waals surface area contributed by atoms with E-state index in [1.807, 2.05) is 6.07 Å². The van der Waals surface area contributed by atoms with Gasteiger partial charge in [0, 0.05) is 11.6 Å². The monoisotopic (exact) mass is 243 g/mol. The maximum Gasteiger partial charge on any atom is 0.142 e. The highest BCUT2D eigenvalue weighted by Gasteiger charge is 2.19. The van der Waals surface area contributed by atoms with E-state index in [0.29, 0.717) is 6.04 Å². The second-order valence-electron chi connectivity index (χ2n) is 5.11. The zero-order valence-electron chi connectivity index (χ0n) is 10.3. The minimum Gasteiger partial charge on any atom is -0.309 e. The van der Waals surface area contributed by atoms with E-state index in [0.717, 1.165) is 12.0 Å². The zero-order valence-corrected chi connectivity index (χ0v) is 11.0. The van der Waals surface area contributed by atoms with Gasteiger partial charge in [0.1, 0.15) is 5.82 Å². The Hall–Kier alpha value is -0.600.